The Labute approximate surface area is 136 Å². The van der Waals surface area contributed by atoms with E-state index < -0.39 is 30.4 Å². The number of hydrogen-bond donors (Lipinski definition) is 5. The zero-order valence-electron chi connectivity index (χ0n) is 13.9. The standard InChI is InChI=1S/C17H27NO5/c1-9-4-11(5-10(2)17(9)23-3)6-12(20)7-13-15(21)16(22)14(8-19)18-13/h4-5,12-16,18-22H,6-8H2,1-3H3/t12-,13+,14+,15+,16+/m0/s1. The van der Waals surface area contributed by atoms with E-state index in [0.29, 0.717) is 12.8 Å². The summed E-state index contributed by atoms with van der Waals surface area (Å²) in [5.74, 6) is 0.852. The highest BCUT2D eigenvalue weighted by Gasteiger charge is 2.41. The minimum absolute atomic E-state index is 0.248. The predicted octanol–water partition coefficient (Wildman–Crippen LogP) is -0.340. The second-order valence-corrected chi connectivity index (χ2v) is 6.40. The Kier molecular flexibility index (Phi) is 6.00. The van der Waals surface area contributed by atoms with Crippen LogP contribution in [0.3, 0.4) is 0 Å². The molecule has 0 aliphatic carbocycles. The van der Waals surface area contributed by atoms with Gasteiger partial charge in [0.05, 0.1) is 38.1 Å². The highest BCUT2D eigenvalue weighted by Crippen LogP contribution is 2.26. The average Bonchev–Trinajstić information content (AvgIpc) is 2.74. The zero-order valence-corrected chi connectivity index (χ0v) is 13.9. The summed E-state index contributed by atoms with van der Waals surface area (Å²) in [5, 5.41) is 42.2. The second kappa shape index (κ2) is 7.59. The minimum atomic E-state index is -1.01. The smallest absolute Gasteiger partial charge is 0.124 e. The Bertz CT molecular complexity index is 513. The van der Waals surface area contributed by atoms with Gasteiger partial charge in [-0.05, 0) is 43.4 Å². The van der Waals surface area contributed by atoms with Crippen LogP contribution in [-0.4, -0.2) is 64.5 Å². The van der Waals surface area contributed by atoms with Crippen molar-refractivity contribution in [2.24, 2.45) is 0 Å². The van der Waals surface area contributed by atoms with E-state index in [1.807, 2.05) is 26.0 Å². The monoisotopic (exact) mass is 325 g/mol. The quantitative estimate of drug-likeness (QED) is 0.490. The molecule has 0 radical (unpaired) electrons. The summed E-state index contributed by atoms with van der Waals surface area (Å²) >= 11 is 0. The Hall–Kier alpha value is -1.18. The van der Waals surface area contributed by atoms with Crippen molar-refractivity contribution in [3.05, 3.63) is 28.8 Å². The van der Waals surface area contributed by atoms with E-state index in [9.17, 15) is 15.3 Å². The van der Waals surface area contributed by atoms with Gasteiger partial charge >= 0.3 is 0 Å². The van der Waals surface area contributed by atoms with Crippen LogP contribution < -0.4 is 10.1 Å². The van der Waals surface area contributed by atoms with Gasteiger partial charge in [-0.2, -0.15) is 0 Å². The molecule has 1 saturated heterocycles. The molecule has 1 fully saturated rings. The fraction of sp³-hybridized carbons (Fsp3) is 0.647. The first kappa shape index (κ1) is 18.2. The van der Waals surface area contributed by atoms with Crippen molar-refractivity contribution in [3.8, 4) is 5.75 Å². The molecule has 1 aliphatic rings. The van der Waals surface area contributed by atoms with Crippen LogP contribution in [0.15, 0.2) is 12.1 Å². The Morgan fingerprint density at radius 2 is 1.70 bits per heavy atom. The number of aliphatic hydroxyl groups excluding tert-OH is 4. The molecule has 5 N–H and O–H groups in total. The molecule has 1 aromatic carbocycles. The van der Waals surface area contributed by atoms with Gasteiger partial charge in [-0.3, -0.25) is 0 Å². The molecule has 130 valence electrons. The summed E-state index contributed by atoms with van der Waals surface area (Å²) in [7, 11) is 1.64. The van der Waals surface area contributed by atoms with Crippen molar-refractivity contribution >= 4 is 0 Å². The van der Waals surface area contributed by atoms with Gasteiger partial charge < -0.3 is 30.5 Å². The zero-order chi connectivity index (χ0) is 17.1. The highest BCUT2D eigenvalue weighted by molar-refractivity contribution is 5.43. The summed E-state index contributed by atoms with van der Waals surface area (Å²) < 4.78 is 5.34. The molecule has 0 spiro atoms. The number of rotatable bonds is 6. The van der Waals surface area contributed by atoms with Crippen molar-refractivity contribution in [1.29, 1.82) is 0 Å². The molecule has 0 aromatic heterocycles. The SMILES string of the molecule is COc1c(C)cc(C[C@H](O)C[C@H]2N[C@H](CO)[C@@H](O)[C@@H]2O)cc1C. The van der Waals surface area contributed by atoms with Gasteiger partial charge in [0.15, 0.2) is 0 Å². The molecule has 6 nitrogen and oxygen atoms in total. The molecule has 6 heteroatoms. The first-order valence-corrected chi connectivity index (χ1v) is 7.92. The Morgan fingerprint density at radius 3 is 2.17 bits per heavy atom. The third-order valence-electron chi connectivity index (χ3n) is 4.52. The summed E-state index contributed by atoms with van der Waals surface area (Å²) in [6, 6.07) is 2.99. The molecular formula is C17H27NO5. The lowest BCUT2D eigenvalue weighted by Gasteiger charge is -2.20. The van der Waals surface area contributed by atoms with Crippen LogP contribution >= 0.6 is 0 Å². The number of nitrogens with one attached hydrogen (secondary N) is 1. The lowest BCUT2D eigenvalue weighted by Crippen LogP contribution is -2.38. The number of aryl methyl sites for hydroxylation is 2. The van der Waals surface area contributed by atoms with Crippen molar-refractivity contribution in [2.45, 2.75) is 57.1 Å². The minimum Gasteiger partial charge on any atom is -0.496 e. The van der Waals surface area contributed by atoms with Crippen LogP contribution in [0.2, 0.25) is 0 Å². The maximum Gasteiger partial charge on any atom is 0.124 e. The normalized spacial score (nSPS) is 28.8. The molecule has 0 amide bonds. The van der Waals surface area contributed by atoms with E-state index in [1.165, 1.54) is 0 Å². The van der Waals surface area contributed by atoms with Crippen LogP contribution in [0.1, 0.15) is 23.1 Å². The van der Waals surface area contributed by atoms with Gasteiger partial charge in [0.2, 0.25) is 0 Å². The summed E-state index contributed by atoms with van der Waals surface area (Å²) in [4.78, 5) is 0. The fourth-order valence-corrected chi connectivity index (χ4v) is 3.44. The van der Waals surface area contributed by atoms with E-state index >= 15 is 0 Å². The molecule has 0 unspecified atom stereocenters. The van der Waals surface area contributed by atoms with Crippen LogP contribution in [0.5, 0.6) is 5.75 Å². The molecular weight excluding hydrogens is 298 g/mol. The summed E-state index contributed by atoms with van der Waals surface area (Å²) in [6.07, 6.45) is -1.89. The fourth-order valence-electron chi connectivity index (χ4n) is 3.44. The lowest BCUT2D eigenvalue weighted by atomic mass is 9.96. The van der Waals surface area contributed by atoms with Crippen molar-refractivity contribution < 1.29 is 25.2 Å². The maximum absolute atomic E-state index is 10.3. The van der Waals surface area contributed by atoms with Gasteiger partial charge in [-0.25, -0.2) is 0 Å². The largest absolute Gasteiger partial charge is 0.496 e. The van der Waals surface area contributed by atoms with Crippen molar-refractivity contribution in [2.75, 3.05) is 13.7 Å². The van der Waals surface area contributed by atoms with Crippen LogP contribution in [-0.2, 0) is 6.42 Å². The Balaban J connectivity index is 1.99. The van der Waals surface area contributed by atoms with E-state index in [4.69, 9.17) is 9.84 Å². The van der Waals surface area contributed by atoms with Gasteiger partial charge in [0, 0.05) is 6.04 Å². The van der Waals surface area contributed by atoms with Gasteiger partial charge in [-0.1, -0.05) is 12.1 Å². The molecule has 1 heterocycles. The van der Waals surface area contributed by atoms with Crippen molar-refractivity contribution in [1.82, 2.24) is 5.32 Å². The molecule has 1 aromatic rings. The number of methoxy groups -OCH3 is 1. The van der Waals surface area contributed by atoms with Gasteiger partial charge in [-0.15, -0.1) is 0 Å². The summed E-state index contributed by atoms with van der Waals surface area (Å²) in [6.45, 7) is 3.68. The van der Waals surface area contributed by atoms with E-state index in [1.54, 1.807) is 7.11 Å². The Morgan fingerprint density at radius 1 is 1.13 bits per heavy atom. The maximum atomic E-state index is 10.3. The third-order valence-corrected chi connectivity index (χ3v) is 4.52. The molecule has 2 rings (SSSR count). The van der Waals surface area contributed by atoms with Crippen LogP contribution in [0, 0.1) is 13.8 Å². The van der Waals surface area contributed by atoms with E-state index in [2.05, 4.69) is 5.32 Å². The first-order valence-electron chi connectivity index (χ1n) is 7.92. The van der Waals surface area contributed by atoms with E-state index in [-0.39, 0.29) is 6.61 Å². The number of ether oxygens (including phenoxy) is 1. The van der Waals surface area contributed by atoms with Gasteiger partial charge in [0.25, 0.3) is 0 Å². The topological polar surface area (TPSA) is 102 Å². The highest BCUT2D eigenvalue weighted by atomic mass is 16.5. The van der Waals surface area contributed by atoms with E-state index in [0.717, 1.165) is 22.4 Å². The second-order valence-electron chi connectivity index (χ2n) is 6.40. The summed E-state index contributed by atoms with van der Waals surface area (Å²) in [5.41, 5.74) is 3.04. The number of aliphatic hydroxyl groups is 4. The predicted molar refractivity (Wildman–Crippen MR) is 86.6 cm³/mol. The van der Waals surface area contributed by atoms with Gasteiger partial charge in [0.1, 0.15) is 5.75 Å². The number of benzene rings is 1. The molecule has 0 bridgehead atoms. The number of hydrogen-bond acceptors (Lipinski definition) is 6. The molecule has 0 saturated carbocycles. The first-order chi connectivity index (χ1) is 10.9. The molecule has 23 heavy (non-hydrogen) atoms. The molecule has 1 aliphatic heterocycles. The van der Waals surface area contributed by atoms with Crippen LogP contribution in [0.4, 0.5) is 0 Å². The average molecular weight is 325 g/mol. The third kappa shape index (κ3) is 4.02. The molecule has 5 atom stereocenters. The lowest BCUT2D eigenvalue weighted by molar-refractivity contribution is 0.0131. The van der Waals surface area contributed by atoms with Crippen LogP contribution in [0.25, 0.3) is 0 Å². The van der Waals surface area contributed by atoms with Crippen molar-refractivity contribution in [3.63, 3.8) is 0 Å².